The van der Waals surface area contributed by atoms with Crippen LogP contribution in [0.5, 0.6) is 5.75 Å². The van der Waals surface area contributed by atoms with Crippen molar-refractivity contribution >= 4 is 5.97 Å². The lowest BCUT2D eigenvalue weighted by molar-refractivity contribution is 0.0595. The van der Waals surface area contributed by atoms with Crippen molar-refractivity contribution in [1.82, 2.24) is 0 Å². The van der Waals surface area contributed by atoms with Gasteiger partial charge in [0.2, 0.25) is 0 Å². The van der Waals surface area contributed by atoms with Crippen LogP contribution in [-0.4, -0.2) is 19.7 Å². The maximum atomic E-state index is 11.8. The average Bonchev–Trinajstić information content (AvgIpc) is 2.34. The summed E-state index contributed by atoms with van der Waals surface area (Å²) < 4.78 is 10.6. The number of para-hydroxylation sites is 1. The molecule has 0 bridgehead atoms. The lowest BCUT2D eigenvalue weighted by Crippen LogP contribution is -2.12. The predicted octanol–water partition coefficient (Wildman–Crippen LogP) is 3.63. The number of carbonyl (C=O) groups excluding carboxylic acids is 1. The van der Waals surface area contributed by atoms with Gasteiger partial charge in [0.15, 0.2) is 0 Å². The molecule has 18 heavy (non-hydrogen) atoms. The fourth-order valence-corrected chi connectivity index (χ4v) is 1.69. The lowest BCUT2D eigenvalue weighted by Gasteiger charge is -2.18. The number of esters is 1. The Labute approximate surface area is 109 Å². The Morgan fingerprint density at radius 1 is 1.22 bits per heavy atom. The molecular formula is C15H22O3. The van der Waals surface area contributed by atoms with Gasteiger partial charge in [0.25, 0.3) is 0 Å². The Balaban J connectivity index is 3.16. The SMILES string of the molecule is COC(=O)c1cccc(C(C)C)c1OCC(C)C. The fourth-order valence-electron chi connectivity index (χ4n) is 1.69. The van der Waals surface area contributed by atoms with E-state index in [1.54, 1.807) is 6.07 Å². The van der Waals surface area contributed by atoms with E-state index in [4.69, 9.17) is 9.47 Å². The summed E-state index contributed by atoms with van der Waals surface area (Å²) in [7, 11) is 1.39. The molecule has 0 unspecified atom stereocenters. The maximum absolute atomic E-state index is 11.8. The molecule has 0 fully saturated rings. The van der Waals surface area contributed by atoms with Crippen molar-refractivity contribution < 1.29 is 14.3 Å². The highest BCUT2D eigenvalue weighted by molar-refractivity contribution is 5.93. The van der Waals surface area contributed by atoms with Crippen LogP contribution in [0.2, 0.25) is 0 Å². The third-order valence-electron chi connectivity index (χ3n) is 2.63. The summed E-state index contributed by atoms with van der Waals surface area (Å²) in [6, 6.07) is 5.60. The third-order valence-corrected chi connectivity index (χ3v) is 2.63. The summed E-state index contributed by atoms with van der Waals surface area (Å²) in [6.45, 7) is 8.91. The van der Waals surface area contributed by atoms with Crippen LogP contribution < -0.4 is 4.74 Å². The summed E-state index contributed by atoms with van der Waals surface area (Å²) in [5.41, 5.74) is 1.54. The number of rotatable bonds is 5. The molecule has 0 aromatic heterocycles. The quantitative estimate of drug-likeness (QED) is 0.748. The number of carbonyl (C=O) groups is 1. The van der Waals surface area contributed by atoms with Gasteiger partial charge in [-0.25, -0.2) is 4.79 Å². The smallest absolute Gasteiger partial charge is 0.341 e. The van der Waals surface area contributed by atoms with Crippen molar-refractivity contribution in [3.8, 4) is 5.75 Å². The number of hydrogen-bond acceptors (Lipinski definition) is 3. The summed E-state index contributed by atoms with van der Waals surface area (Å²) in [6.07, 6.45) is 0. The lowest BCUT2D eigenvalue weighted by atomic mass is 9.99. The zero-order chi connectivity index (χ0) is 13.7. The Kier molecular flexibility index (Phi) is 5.20. The zero-order valence-corrected chi connectivity index (χ0v) is 11.8. The molecule has 0 aliphatic heterocycles. The monoisotopic (exact) mass is 250 g/mol. The molecular weight excluding hydrogens is 228 g/mol. The van der Waals surface area contributed by atoms with Crippen LogP contribution in [0.4, 0.5) is 0 Å². The van der Waals surface area contributed by atoms with Crippen LogP contribution >= 0.6 is 0 Å². The van der Waals surface area contributed by atoms with E-state index in [0.29, 0.717) is 29.8 Å². The standard InChI is InChI=1S/C15H22O3/c1-10(2)9-18-14-12(11(3)4)7-6-8-13(14)15(16)17-5/h6-8,10-11H,9H2,1-5H3. The first kappa shape index (κ1) is 14.6. The largest absolute Gasteiger partial charge is 0.492 e. The van der Waals surface area contributed by atoms with Gasteiger partial charge in [-0.3, -0.25) is 0 Å². The Bertz CT molecular complexity index is 408. The summed E-state index contributed by atoms with van der Waals surface area (Å²) in [5.74, 6) is 1.02. The second kappa shape index (κ2) is 6.43. The van der Waals surface area contributed by atoms with Crippen LogP contribution in [0.3, 0.4) is 0 Å². The Morgan fingerprint density at radius 3 is 2.39 bits per heavy atom. The maximum Gasteiger partial charge on any atom is 0.341 e. The van der Waals surface area contributed by atoms with E-state index in [0.717, 1.165) is 5.56 Å². The van der Waals surface area contributed by atoms with Crippen molar-refractivity contribution in [1.29, 1.82) is 0 Å². The molecule has 100 valence electrons. The minimum atomic E-state index is -0.351. The molecule has 3 nitrogen and oxygen atoms in total. The highest BCUT2D eigenvalue weighted by Crippen LogP contribution is 2.31. The second-order valence-corrected chi connectivity index (χ2v) is 5.08. The molecule has 1 aromatic rings. The first-order valence-electron chi connectivity index (χ1n) is 6.31. The van der Waals surface area contributed by atoms with Crippen LogP contribution in [0.1, 0.15) is 49.5 Å². The normalized spacial score (nSPS) is 10.8. The summed E-state index contributed by atoms with van der Waals surface area (Å²) in [4.78, 5) is 11.8. The van der Waals surface area contributed by atoms with Crippen molar-refractivity contribution in [2.45, 2.75) is 33.6 Å². The van der Waals surface area contributed by atoms with Gasteiger partial charge in [-0.05, 0) is 23.5 Å². The average molecular weight is 250 g/mol. The topological polar surface area (TPSA) is 35.5 Å². The minimum absolute atomic E-state index is 0.303. The molecule has 1 rings (SSSR count). The van der Waals surface area contributed by atoms with E-state index in [-0.39, 0.29) is 5.97 Å². The van der Waals surface area contributed by atoms with Crippen molar-refractivity contribution in [2.75, 3.05) is 13.7 Å². The number of hydrogen-bond donors (Lipinski definition) is 0. The summed E-state index contributed by atoms with van der Waals surface area (Å²) in [5, 5.41) is 0. The van der Waals surface area contributed by atoms with Gasteiger partial charge in [-0.15, -0.1) is 0 Å². The van der Waals surface area contributed by atoms with Crippen LogP contribution in [0.25, 0.3) is 0 Å². The van der Waals surface area contributed by atoms with Gasteiger partial charge in [-0.2, -0.15) is 0 Å². The molecule has 0 spiro atoms. The minimum Gasteiger partial charge on any atom is -0.492 e. The predicted molar refractivity (Wildman–Crippen MR) is 72.2 cm³/mol. The number of benzene rings is 1. The van der Waals surface area contributed by atoms with Gasteiger partial charge >= 0.3 is 5.97 Å². The van der Waals surface area contributed by atoms with E-state index in [1.807, 2.05) is 12.1 Å². The molecule has 0 aliphatic rings. The van der Waals surface area contributed by atoms with E-state index < -0.39 is 0 Å². The van der Waals surface area contributed by atoms with E-state index in [1.165, 1.54) is 7.11 Å². The van der Waals surface area contributed by atoms with Crippen molar-refractivity contribution in [3.05, 3.63) is 29.3 Å². The molecule has 1 aromatic carbocycles. The summed E-state index contributed by atoms with van der Waals surface area (Å²) >= 11 is 0. The Hall–Kier alpha value is -1.51. The molecule has 0 radical (unpaired) electrons. The van der Waals surface area contributed by atoms with E-state index in [2.05, 4.69) is 27.7 Å². The molecule has 0 aliphatic carbocycles. The highest BCUT2D eigenvalue weighted by atomic mass is 16.5. The number of methoxy groups -OCH3 is 1. The van der Waals surface area contributed by atoms with Crippen molar-refractivity contribution in [2.24, 2.45) is 5.92 Å². The van der Waals surface area contributed by atoms with Gasteiger partial charge in [0.05, 0.1) is 13.7 Å². The molecule has 0 N–H and O–H groups in total. The molecule has 0 heterocycles. The van der Waals surface area contributed by atoms with Gasteiger partial charge in [-0.1, -0.05) is 39.8 Å². The molecule has 3 heteroatoms. The van der Waals surface area contributed by atoms with Crippen LogP contribution in [-0.2, 0) is 4.74 Å². The van der Waals surface area contributed by atoms with E-state index >= 15 is 0 Å². The van der Waals surface area contributed by atoms with E-state index in [9.17, 15) is 4.79 Å². The molecule has 0 amide bonds. The van der Waals surface area contributed by atoms with Crippen LogP contribution in [0, 0.1) is 5.92 Å². The molecule has 0 saturated heterocycles. The first-order valence-corrected chi connectivity index (χ1v) is 6.31. The third kappa shape index (κ3) is 3.49. The zero-order valence-electron chi connectivity index (χ0n) is 11.8. The molecule has 0 saturated carbocycles. The van der Waals surface area contributed by atoms with Gasteiger partial charge < -0.3 is 9.47 Å². The molecule has 0 atom stereocenters. The van der Waals surface area contributed by atoms with Gasteiger partial charge in [0, 0.05) is 0 Å². The van der Waals surface area contributed by atoms with Crippen LogP contribution in [0.15, 0.2) is 18.2 Å². The highest BCUT2D eigenvalue weighted by Gasteiger charge is 2.18. The Morgan fingerprint density at radius 2 is 1.89 bits per heavy atom. The van der Waals surface area contributed by atoms with Gasteiger partial charge in [0.1, 0.15) is 11.3 Å². The number of ether oxygens (including phenoxy) is 2. The fraction of sp³-hybridized carbons (Fsp3) is 0.533. The van der Waals surface area contributed by atoms with Crippen molar-refractivity contribution in [3.63, 3.8) is 0 Å². The first-order chi connectivity index (χ1) is 8.47. The second-order valence-electron chi connectivity index (χ2n) is 5.08.